The van der Waals surface area contributed by atoms with Crippen molar-refractivity contribution < 1.29 is 28.7 Å². The third kappa shape index (κ3) is 4.83. The lowest BCUT2D eigenvalue weighted by Crippen LogP contribution is -2.47. The zero-order chi connectivity index (χ0) is 21.0. The second-order valence-electron chi connectivity index (χ2n) is 7.84. The number of esters is 1. The number of carbonyl (C=O) groups excluding carboxylic acids is 5. The van der Waals surface area contributed by atoms with Crippen LogP contribution in [0.4, 0.5) is 4.79 Å². The number of amides is 5. The Hall–Kier alpha value is -2.71. The molecule has 9 heteroatoms. The van der Waals surface area contributed by atoms with Crippen molar-refractivity contribution in [1.82, 2.24) is 15.5 Å². The van der Waals surface area contributed by atoms with Gasteiger partial charge in [0, 0.05) is 6.04 Å². The van der Waals surface area contributed by atoms with Gasteiger partial charge < -0.3 is 10.1 Å². The van der Waals surface area contributed by atoms with Gasteiger partial charge in [-0.1, -0.05) is 31.4 Å². The zero-order valence-electron chi connectivity index (χ0n) is 16.5. The molecule has 0 unspecified atom stereocenters. The maximum atomic E-state index is 12.5. The van der Waals surface area contributed by atoms with Gasteiger partial charge in [-0.3, -0.25) is 24.6 Å². The van der Waals surface area contributed by atoms with Crippen LogP contribution in [0.25, 0.3) is 0 Å². The van der Waals surface area contributed by atoms with E-state index in [1.807, 2.05) is 12.2 Å². The first-order chi connectivity index (χ1) is 13.9. The van der Waals surface area contributed by atoms with Crippen LogP contribution in [0.1, 0.15) is 51.9 Å². The minimum atomic E-state index is -1.12. The molecule has 1 heterocycles. The molecule has 2 fully saturated rings. The van der Waals surface area contributed by atoms with Crippen molar-refractivity contribution in [3.05, 3.63) is 12.2 Å². The number of hydrogen-bond acceptors (Lipinski definition) is 6. The van der Waals surface area contributed by atoms with Gasteiger partial charge in [0.15, 0.2) is 6.61 Å². The van der Waals surface area contributed by atoms with Crippen molar-refractivity contribution in [3.63, 3.8) is 0 Å². The van der Waals surface area contributed by atoms with Crippen LogP contribution in [0.15, 0.2) is 12.2 Å². The average Bonchev–Trinajstić information content (AvgIpc) is 2.97. The number of imide groups is 2. The lowest BCUT2D eigenvalue weighted by atomic mass is 9.85. The van der Waals surface area contributed by atoms with E-state index in [0.717, 1.165) is 37.0 Å². The van der Waals surface area contributed by atoms with Gasteiger partial charge in [-0.2, -0.15) is 0 Å². The average molecular weight is 405 g/mol. The van der Waals surface area contributed by atoms with Gasteiger partial charge in [0.25, 0.3) is 5.91 Å². The molecule has 3 rings (SSSR count). The largest absolute Gasteiger partial charge is 0.454 e. The Morgan fingerprint density at radius 2 is 1.66 bits per heavy atom. The first-order valence-corrected chi connectivity index (χ1v) is 10.2. The second kappa shape index (κ2) is 9.19. The van der Waals surface area contributed by atoms with Crippen molar-refractivity contribution in [2.75, 3.05) is 6.61 Å². The van der Waals surface area contributed by atoms with E-state index in [4.69, 9.17) is 4.74 Å². The number of carbonyl (C=O) groups is 5. The van der Waals surface area contributed by atoms with E-state index in [-0.39, 0.29) is 17.9 Å². The SMILES string of the molecule is C[C@@H](C(=O)OCC(=O)NC(=O)NC1CCCCC1)N1C(=O)[C@H]2CC=CC[C@H]2C1=O. The Morgan fingerprint density at radius 3 is 2.24 bits per heavy atom. The van der Waals surface area contributed by atoms with Gasteiger partial charge >= 0.3 is 12.0 Å². The highest BCUT2D eigenvalue weighted by atomic mass is 16.5. The highest BCUT2D eigenvalue weighted by Crippen LogP contribution is 2.36. The summed E-state index contributed by atoms with van der Waals surface area (Å²) in [6, 6.07) is -1.69. The molecule has 0 aromatic rings. The predicted octanol–water partition coefficient (Wildman–Crippen LogP) is 1.03. The lowest BCUT2D eigenvalue weighted by Gasteiger charge is -2.23. The van der Waals surface area contributed by atoms with Crippen LogP contribution in [-0.2, 0) is 23.9 Å². The standard InChI is InChI=1S/C20H27N3O6/c1-12(23-17(25)14-9-5-6-10-15(14)18(23)26)19(27)29-11-16(24)22-20(28)21-13-7-3-2-4-8-13/h5-6,12-15H,2-4,7-11H2,1H3,(H2,21,22,24,28)/t12-,14-,15+/m0/s1. The van der Waals surface area contributed by atoms with Crippen LogP contribution in [-0.4, -0.2) is 53.3 Å². The molecule has 0 bridgehead atoms. The molecule has 0 radical (unpaired) electrons. The molecule has 2 aliphatic carbocycles. The minimum Gasteiger partial charge on any atom is -0.454 e. The summed E-state index contributed by atoms with van der Waals surface area (Å²) in [5.74, 6) is -3.27. The van der Waals surface area contributed by atoms with Crippen LogP contribution in [0.5, 0.6) is 0 Å². The fourth-order valence-corrected chi connectivity index (χ4v) is 4.20. The Morgan fingerprint density at radius 1 is 1.07 bits per heavy atom. The fraction of sp³-hybridized carbons (Fsp3) is 0.650. The molecule has 0 aromatic heterocycles. The Bertz CT molecular complexity index is 702. The first-order valence-electron chi connectivity index (χ1n) is 10.2. The predicted molar refractivity (Wildman–Crippen MR) is 101 cm³/mol. The van der Waals surface area contributed by atoms with Crippen LogP contribution >= 0.6 is 0 Å². The van der Waals surface area contributed by atoms with E-state index in [2.05, 4.69) is 10.6 Å². The Labute approximate surface area is 169 Å². The Balaban J connectivity index is 1.45. The van der Waals surface area contributed by atoms with Crippen LogP contribution in [0, 0.1) is 11.8 Å². The van der Waals surface area contributed by atoms with E-state index in [1.165, 1.54) is 6.92 Å². The maximum absolute atomic E-state index is 12.5. The molecule has 5 amide bonds. The van der Waals surface area contributed by atoms with E-state index in [0.29, 0.717) is 12.8 Å². The van der Waals surface area contributed by atoms with Crippen LogP contribution < -0.4 is 10.6 Å². The summed E-state index contributed by atoms with van der Waals surface area (Å²) in [6.07, 6.45) is 9.67. The molecule has 29 heavy (non-hydrogen) atoms. The molecule has 3 aliphatic rings. The molecule has 2 N–H and O–H groups in total. The molecule has 1 saturated heterocycles. The van der Waals surface area contributed by atoms with Crippen molar-refractivity contribution >= 4 is 29.7 Å². The molecule has 0 aromatic carbocycles. The summed E-state index contributed by atoms with van der Waals surface area (Å²) >= 11 is 0. The van der Waals surface area contributed by atoms with Crippen LogP contribution in [0.2, 0.25) is 0 Å². The maximum Gasteiger partial charge on any atom is 0.329 e. The summed E-state index contributed by atoms with van der Waals surface area (Å²) in [7, 11) is 0. The fourth-order valence-electron chi connectivity index (χ4n) is 4.20. The quantitative estimate of drug-likeness (QED) is 0.400. The summed E-state index contributed by atoms with van der Waals surface area (Å²) in [5.41, 5.74) is 0. The Kier molecular flexibility index (Phi) is 6.66. The lowest BCUT2D eigenvalue weighted by molar-refractivity contribution is -0.159. The van der Waals surface area contributed by atoms with Gasteiger partial charge in [0.05, 0.1) is 11.8 Å². The summed E-state index contributed by atoms with van der Waals surface area (Å²) in [4.78, 5) is 61.9. The summed E-state index contributed by atoms with van der Waals surface area (Å²) in [6.45, 7) is 0.739. The highest BCUT2D eigenvalue weighted by molar-refractivity contribution is 6.08. The number of allylic oxidation sites excluding steroid dienone is 2. The van der Waals surface area contributed by atoms with Gasteiger partial charge in [-0.15, -0.1) is 0 Å². The summed E-state index contributed by atoms with van der Waals surface area (Å²) < 4.78 is 4.93. The number of nitrogens with one attached hydrogen (secondary N) is 2. The molecule has 0 spiro atoms. The van der Waals surface area contributed by atoms with Gasteiger partial charge in [0.2, 0.25) is 11.8 Å². The first kappa shape index (κ1) is 21.0. The van der Waals surface area contributed by atoms with Crippen molar-refractivity contribution in [3.8, 4) is 0 Å². The normalized spacial score (nSPS) is 25.3. The third-order valence-corrected chi connectivity index (χ3v) is 5.81. The number of urea groups is 1. The smallest absolute Gasteiger partial charge is 0.329 e. The molecule has 158 valence electrons. The van der Waals surface area contributed by atoms with Crippen molar-refractivity contribution in [2.24, 2.45) is 11.8 Å². The number of likely N-dealkylation sites (tertiary alicyclic amines) is 1. The molecule has 1 aliphatic heterocycles. The monoisotopic (exact) mass is 405 g/mol. The number of nitrogens with zero attached hydrogens (tertiary/aromatic N) is 1. The highest BCUT2D eigenvalue weighted by Gasteiger charge is 2.50. The topological polar surface area (TPSA) is 122 Å². The zero-order valence-corrected chi connectivity index (χ0v) is 16.5. The van der Waals surface area contributed by atoms with Crippen LogP contribution in [0.3, 0.4) is 0 Å². The van der Waals surface area contributed by atoms with E-state index in [9.17, 15) is 24.0 Å². The van der Waals surface area contributed by atoms with Gasteiger partial charge in [-0.25, -0.2) is 9.59 Å². The van der Waals surface area contributed by atoms with E-state index >= 15 is 0 Å². The van der Waals surface area contributed by atoms with E-state index < -0.39 is 42.4 Å². The van der Waals surface area contributed by atoms with E-state index in [1.54, 1.807) is 0 Å². The summed E-state index contributed by atoms with van der Waals surface area (Å²) in [5, 5.41) is 4.86. The minimum absolute atomic E-state index is 0.0457. The molecule has 1 saturated carbocycles. The number of ether oxygens (including phenoxy) is 1. The molecule has 3 atom stereocenters. The molecule has 9 nitrogen and oxygen atoms in total. The number of fused-ring (bicyclic) bond motifs is 1. The molecular formula is C20H27N3O6. The van der Waals surface area contributed by atoms with Crippen molar-refractivity contribution in [2.45, 2.75) is 64.0 Å². The number of hydrogen-bond donors (Lipinski definition) is 2. The second-order valence-corrected chi connectivity index (χ2v) is 7.84. The molecular weight excluding hydrogens is 378 g/mol. The van der Waals surface area contributed by atoms with Crippen molar-refractivity contribution in [1.29, 1.82) is 0 Å². The van der Waals surface area contributed by atoms with Gasteiger partial charge in [0.1, 0.15) is 6.04 Å². The third-order valence-electron chi connectivity index (χ3n) is 5.81. The number of rotatable bonds is 5. The van der Waals surface area contributed by atoms with Gasteiger partial charge in [-0.05, 0) is 32.6 Å².